The molecule has 0 saturated carbocycles. The van der Waals surface area contributed by atoms with E-state index in [0.29, 0.717) is 23.2 Å². The maximum atomic E-state index is 13.6. The fraction of sp³-hybridized carbons (Fsp3) is 0.250. The predicted molar refractivity (Wildman–Crippen MR) is 126 cm³/mol. The van der Waals surface area contributed by atoms with Crippen LogP contribution in [0.2, 0.25) is 5.15 Å². The highest BCUT2D eigenvalue weighted by Crippen LogP contribution is 2.36. The van der Waals surface area contributed by atoms with Crippen molar-refractivity contribution in [2.45, 2.75) is 31.9 Å². The summed E-state index contributed by atoms with van der Waals surface area (Å²) >= 11 is 6.29. The Bertz CT molecular complexity index is 1400. The Balaban J connectivity index is 1.86. The van der Waals surface area contributed by atoms with Crippen molar-refractivity contribution < 1.29 is 17.9 Å². The summed E-state index contributed by atoms with van der Waals surface area (Å²) in [7, 11) is -2.45. The third-order valence-corrected chi connectivity index (χ3v) is 8.41. The number of hydrogen-bond acceptors (Lipinski definition) is 5. The van der Waals surface area contributed by atoms with E-state index in [9.17, 15) is 13.2 Å². The van der Waals surface area contributed by atoms with E-state index in [2.05, 4.69) is 4.98 Å². The number of hydrogen-bond donors (Lipinski definition) is 0. The molecule has 0 N–H and O–H groups in total. The van der Waals surface area contributed by atoms with Gasteiger partial charge in [0, 0.05) is 17.1 Å². The van der Waals surface area contributed by atoms with E-state index in [-0.39, 0.29) is 10.7 Å². The number of aryl methyl sites for hydroxylation is 1. The van der Waals surface area contributed by atoms with Crippen LogP contribution in [-0.4, -0.2) is 35.2 Å². The molecule has 1 aliphatic rings. The number of esters is 1. The van der Waals surface area contributed by atoms with Gasteiger partial charge in [0.25, 0.3) is 0 Å². The first kappa shape index (κ1) is 22.3. The number of rotatable bonds is 4. The Morgan fingerprint density at radius 3 is 2.66 bits per heavy atom. The van der Waals surface area contributed by atoms with Gasteiger partial charge < -0.3 is 4.74 Å². The average molecular weight is 471 g/mol. The number of carbonyl (C=O) groups excluding carboxylic acids is 1. The molecule has 3 aromatic rings. The molecule has 2 aromatic heterocycles. The van der Waals surface area contributed by atoms with Crippen molar-refractivity contribution in [1.29, 1.82) is 0 Å². The summed E-state index contributed by atoms with van der Waals surface area (Å²) in [6, 6.07) is 8.92. The fourth-order valence-corrected chi connectivity index (χ4v) is 6.25. The van der Waals surface area contributed by atoms with E-state index in [4.69, 9.17) is 16.3 Å². The highest BCUT2D eigenvalue weighted by atomic mass is 35.5. The molecule has 1 unspecified atom stereocenters. The second-order valence-electron chi connectivity index (χ2n) is 8.20. The van der Waals surface area contributed by atoms with Gasteiger partial charge in [-0.15, -0.1) is 0 Å². The van der Waals surface area contributed by atoms with Gasteiger partial charge in [-0.2, -0.15) is 0 Å². The Morgan fingerprint density at radius 1 is 1.25 bits per heavy atom. The quantitative estimate of drug-likeness (QED) is 0.382. The molecule has 2 heterocycles. The molecule has 0 fully saturated rings. The molecule has 4 rings (SSSR count). The second kappa shape index (κ2) is 7.90. The summed E-state index contributed by atoms with van der Waals surface area (Å²) in [5, 5.41) is 0.763. The predicted octanol–water partition coefficient (Wildman–Crippen LogP) is 5.29. The molecule has 0 radical (unpaired) electrons. The van der Waals surface area contributed by atoms with E-state index < -0.39 is 20.7 Å². The first-order chi connectivity index (χ1) is 15.1. The monoisotopic (exact) mass is 470 g/mol. The zero-order chi connectivity index (χ0) is 23.3. The smallest absolute Gasteiger partial charge is 0.341 e. The molecule has 1 aliphatic carbocycles. The van der Waals surface area contributed by atoms with Crippen LogP contribution < -0.4 is 0 Å². The van der Waals surface area contributed by atoms with Gasteiger partial charge in [0.2, 0.25) is 10.0 Å². The number of fused-ring (bicyclic) bond motifs is 1. The lowest BCUT2D eigenvalue weighted by molar-refractivity contribution is 0.0599. The lowest BCUT2D eigenvalue weighted by atomic mass is 9.96. The molecule has 166 valence electrons. The number of aromatic nitrogens is 2. The van der Waals surface area contributed by atoms with Gasteiger partial charge in [-0.3, -0.25) is 0 Å². The molecular weight excluding hydrogens is 448 g/mol. The first-order valence-corrected chi connectivity index (χ1v) is 11.9. The highest BCUT2D eigenvalue weighted by molar-refractivity contribution is 7.91. The van der Waals surface area contributed by atoms with Gasteiger partial charge in [-0.05, 0) is 51.0 Å². The second-order valence-corrected chi connectivity index (χ2v) is 10.8. The molecule has 1 atom stereocenters. The van der Waals surface area contributed by atoms with Crippen LogP contribution in [0, 0.1) is 6.92 Å². The zero-order valence-corrected chi connectivity index (χ0v) is 19.8. The van der Waals surface area contributed by atoms with Crippen molar-refractivity contribution in [3.63, 3.8) is 0 Å². The molecule has 1 aromatic carbocycles. The van der Waals surface area contributed by atoms with E-state index >= 15 is 0 Å². The van der Waals surface area contributed by atoms with Gasteiger partial charge in [-0.25, -0.2) is 22.2 Å². The summed E-state index contributed by atoms with van der Waals surface area (Å²) in [6.07, 6.45) is 7.47. The standard InChI is InChI=1S/C24H23ClN2O4S/c1-15-7-6-11-24(3,14-15)32(29,30)27-12-10-18-17(8-5-9-20(18)27)19-13-16(2)21(22(25)26-19)23(28)31-4/h5-13H,14H2,1-4H3. The topological polar surface area (TPSA) is 78.3 Å². The number of pyridine rings is 1. The normalized spacial score (nSPS) is 18.6. The Morgan fingerprint density at radius 2 is 2.00 bits per heavy atom. The third kappa shape index (κ3) is 3.45. The lowest BCUT2D eigenvalue weighted by Crippen LogP contribution is -2.38. The number of halogens is 1. The van der Waals surface area contributed by atoms with Gasteiger partial charge in [0.05, 0.1) is 23.9 Å². The zero-order valence-electron chi connectivity index (χ0n) is 18.2. The molecule has 0 amide bonds. The Hall–Kier alpha value is -2.90. The Kier molecular flexibility index (Phi) is 5.51. The lowest BCUT2D eigenvalue weighted by Gasteiger charge is -2.29. The maximum Gasteiger partial charge on any atom is 0.341 e. The van der Waals surface area contributed by atoms with Crippen LogP contribution in [0.3, 0.4) is 0 Å². The van der Waals surface area contributed by atoms with Crippen LogP contribution in [0.25, 0.3) is 22.2 Å². The van der Waals surface area contributed by atoms with Gasteiger partial charge >= 0.3 is 5.97 Å². The van der Waals surface area contributed by atoms with Crippen LogP contribution in [0.4, 0.5) is 0 Å². The van der Waals surface area contributed by atoms with Gasteiger partial charge in [0.15, 0.2) is 0 Å². The number of ether oxygens (including phenoxy) is 1. The van der Waals surface area contributed by atoms with Crippen molar-refractivity contribution in [2.24, 2.45) is 0 Å². The number of methoxy groups -OCH3 is 1. The molecule has 8 heteroatoms. The summed E-state index contributed by atoms with van der Waals surface area (Å²) in [5.74, 6) is -0.555. The van der Waals surface area contributed by atoms with Gasteiger partial charge in [0.1, 0.15) is 9.90 Å². The van der Waals surface area contributed by atoms with E-state index in [1.54, 1.807) is 56.5 Å². The molecule has 0 bridgehead atoms. The number of benzene rings is 1. The minimum absolute atomic E-state index is 0.0398. The summed E-state index contributed by atoms with van der Waals surface area (Å²) < 4.78 is 32.3. The van der Waals surface area contributed by atoms with E-state index in [1.807, 2.05) is 19.1 Å². The summed E-state index contributed by atoms with van der Waals surface area (Å²) in [6.45, 7) is 5.42. The van der Waals surface area contributed by atoms with Crippen LogP contribution in [0.1, 0.15) is 36.2 Å². The van der Waals surface area contributed by atoms with Crippen LogP contribution in [0.5, 0.6) is 0 Å². The number of carbonyl (C=O) groups is 1. The minimum Gasteiger partial charge on any atom is -0.465 e. The Labute approximate surface area is 192 Å². The van der Waals surface area contributed by atoms with E-state index in [0.717, 1.165) is 16.5 Å². The number of allylic oxidation sites excluding steroid dienone is 3. The van der Waals surface area contributed by atoms with Crippen molar-refractivity contribution in [2.75, 3.05) is 7.11 Å². The fourth-order valence-electron chi connectivity index (χ4n) is 4.18. The molecule has 0 aliphatic heterocycles. The van der Waals surface area contributed by atoms with Crippen LogP contribution in [0.15, 0.2) is 60.3 Å². The SMILES string of the molecule is COC(=O)c1c(C)cc(-c2cccc3c2ccn3S(=O)(=O)C2(C)C=CC=C(C)C2)nc1Cl. The molecule has 0 spiro atoms. The van der Waals surface area contributed by atoms with Crippen molar-refractivity contribution in [3.05, 3.63) is 76.6 Å². The molecule has 0 saturated heterocycles. The molecule has 6 nitrogen and oxygen atoms in total. The summed E-state index contributed by atoms with van der Waals surface area (Å²) in [4.78, 5) is 16.4. The van der Waals surface area contributed by atoms with E-state index in [1.165, 1.54) is 11.1 Å². The van der Waals surface area contributed by atoms with Crippen LogP contribution >= 0.6 is 11.6 Å². The highest BCUT2D eigenvalue weighted by Gasteiger charge is 2.40. The molecular formula is C24H23ClN2O4S. The first-order valence-electron chi connectivity index (χ1n) is 10.0. The van der Waals surface area contributed by atoms with Crippen molar-refractivity contribution in [1.82, 2.24) is 8.96 Å². The van der Waals surface area contributed by atoms with Crippen molar-refractivity contribution >= 4 is 38.5 Å². The largest absolute Gasteiger partial charge is 0.465 e. The third-order valence-electron chi connectivity index (χ3n) is 5.84. The van der Waals surface area contributed by atoms with Crippen LogP contribution in [-0.2, 0) is 14.8 Å². The minimum atomic E-state index is -3.73. The maximum absolute atomic E-state index is 13.6. The number of nitrogens with zero attached hydrogens (tertiary/aromatic N) is 2. The summed E-state index contributed by atoms with van der Waals surface area (Å²) in [5.41, 5.74) is 3.66. The average Bonchev–Trinajstić information content (AvgIpc) is 3.17. The van der Waals surface area contributed by atoms with Crippen molar-refractivity contribution in [3.8, 4) is 11.3 Å². The van der Waals surface area contributed by atoms with Gasteiger partial charge in [-0.1, -0.05) is 47.5 Å². The molecule has 32 heavy (non-hydrogen) atoms.